The third-order valence-corrected chi connectivity index (χ3v) is 7.23. The highest BCUT2D eigenvalue weighted by Crippen LogP contribution is 2.18. The van der Waals surface area contributed by atoms with Crippen molar-refractivity contribution in [1.82, 2.24) is 19.8 Å². The van der Waals surface area contributed by atoms with Gasteiger partial charge in [0.25, 0.3) is 0 Å². The molecule has 9 heteroatoms. The highest BCUT2D eigenvalue weighted by atomic mass is 32.2. The molecule has 3 fully saturated rings. The summed E-state index contributed by atoms with van der Waals surface area (Å²) in [6.45, 7) is 3.11. The van der Waals surface area contributed by atoms with E-state index in [1.54, 1.807) is 4.90 Å². The van der Waals surface area contributed by atoms with Crippen molar-refractivity contribution in [2.75, 3.05) is 45.0 Å². The molecule has 3 aliphatic rings. The van der Waals surface area contributed by atoms with Crippen LogP contribution in [0.4, 0.5) is 0 Å². The molecule has 25 heavy (non-hydrogen) atoms. The number of sulfonamides is 1. The number of likely N-dealkylation sites (tertiary alicyclic amines) is 1. The summed E-state index contributed by atoms with van der Waals surface area (Å²) in [5.41, 5.74) is 0. The second-order valence-corrected chi connectivity index (χ2v) is 9.33. The van der Waals surface area contributed by atoms with Crippen LogP contribution in [0.5, 0.6) is 0 Å². The standard InChI is InChI=1S/C16H28N4O4S/c21-15(12-20-8-3-9-25(20,23)24)19-7-2-4-13(11-19)10-18-16(22)14-5-1-6-17-14/h13-14,17H,1-12H2,(H,18,22). The van der Waals surface area contributed by atoms with Crippen LogP contribution in [0, 0.1) is 5.92 Å². The summed E-state index contributed by atoms with van der Waals surface area (Å²) in [7, 11) is -3.24. The summed E-state index contributed by atoms with van der Waals surface area (Å²) in [5.74, 6) is 0.297. The average Bonchev–Trinajstić information content (AvgIpc) is 3.23. The third kappa shape index (κ3) is 4.71. The molecule has 8 nitrogen and oxygen atoms in total. The molecule has 0 aromatic carbocycles. The van der Waals surface area contributed by atoms with Gasteiger partial charge < -0.3 is 15.5 Å². The number of hydrogen-bond donors (Lipinski definition) is 2. The van der Waals surface area contributed by atoms with Crippen LogP contribution in [0.2, 0.25) is 0 Å². The topological polar surface area (TPSA) is 98.8 Å². The van der Waals surface area contributed by atoms with Gasteiger partial charge in [0.2, 0.25) is 21.8 Å². The molecule has 0 bridgehead atoms. The molecule has 2 amide bonds. The van der Waals surface area contributed by atoms with E-state index in [9.17, 15) is 18.0 Å². The van der Waals surface area contributed by atoms with Crippen LogP contribution < -0.4 is 10.6 Å². The molecule has 3 rings (SSSR count). The lowest BCUT2D eigenvalue weighted by Crippen LogP contribution is -2.48. The Morgan fingerprint density at radius 2 is 1.96 bits per heavy atom. The maximum Gasteiger partial charge on any atom is 0.237 e. The van der Waals surface area contributed by atoms with Gasteiger partial charge >= 0.3 is 0 Å². The van der Waals surface area contributed by atoms with Gasteiger partial charge in [-0.15, -0.1) is 0 Å². The lowest BCUT2D eigenvalue weighted by atomic mass is 9.97. The van der Waals surface area contributed by atoms with Crippen molar-refractivity contribution in [1.29, 1.82) is 0 Å². The second kappa shape index (κ2) is 8.01. The molecule has 3 heterocycles. The Morgan fingerprint density at radius 1 is 1.12 bits per heavy atom. The lowest BCUT2D eigenvalue weighted by Gasteiger charge is -2.33. The number of carbonyl (C=O) groups excluding carboxylic acids is 2. The maximum atomic E-state index is 12.5. The minimum atomic E-state index is -3.24. The quantitative estimate of drug-likeness (QED) is 0.654. The minimum Gasteiger partial charge on any atom is -0.354 e. The van der Waals surface area contributed by atoms with Crippen LogP contribution in [-0.2, 0) is 19.6 Å². The number of rotatable bonds is 5. The summed E-state index contributed by atoms with van der Waals surface area (Å²) < 4.78 is 25.0. The smallest absolute Gasteiger partial charge is 0.237 e. The maximum absolute atomic E-state index is 12.5. The van der Waals surface area contributed by atoms with E-state index in [1.807, 2.05) is 0 Å². The van der Waals surface area contributed by atoms with E-state index >= 15 is 0 Å². The third-order valence-electron chi connectivity index (χ3n) is 5.33. The number of piperidine rings is 1. The molecule has 0 aliphatic carbocycles. The molecule has 3 saturated heterocycles. The van der Waals surface area contributed by atoms with E-state index in [-0.39, 0.29) is 36.1 Å². The van der Waals surface area contributed by atoms with Crippen LogP contribution in [0.1, 0.15) is 32.1 Å². The predicted molar refractivity (Wildman–Crippen MR) is 93.3 cm³/mol. The molecule has 2 atom stereocenters. The second-order valence-electron chi connectivity index (χ2n) is 7.25. The Balaban J connectivity index is 1.45. The van der Waals surface area contributed by atoms with Gasteiger partial charge in [0, 0.05) is 26.2 Å². The summed E-state index contributed by atoms with van der Waals surface area (Å²) in [6.07, 6.45) is 4.37. The summed E-state index contributed by atoms with van der Waals surface area (Å²) in [5, 5.41) is 6.17. The Morgan fingerprint density at radius 3 is 2.64 bits per heavy atom. The predicted octanol–water partition coefficient (Wildman–Crippen LogP) is -0.871. The van der Waals surface area contributed by atoms with E-state index in [0.29, 0.717) is 32.6 Å². The molecule has 0 aromatic rings. The summed E-state index contributed by atoms with van der Waals surface area (Å²) >= 11 is 0. The van der Waals surface area contributed by atoms with Crippen molar-refractivity contribution in [2.45, 2.75) is 38.1 Å². The first-order valence-electron chi connectivity index (χ1n) is 9.22. The molecule has 142 valence electrons. The van der Waals surface area contributed by atoms with Crippen molar-refractivity contribution in [3.63, 3.8) is 0 Å². The molecular weight excluding hydrogens is 344 g/mol. The van der Waals surface area contributed by atoms with E-state index in [4.69, 9.17) is 0 Å². The molecule has 3 aliphatic heterocycles. The average molecular weight is 372 g/mol. The SMILES string of the molecule is O=C(NCC1CCCN(C(=O)CN2CCCS2(=O)=O)C1)C1CCCN1. The first kappa shape index (κ1) is 18.6. The molecule has 2 N–H and O–H groups in total. The first-order valence-corrected chi connectivity index (χ1v) is 10.8. The summed E-state index contributed by atoms with van der Waals surface area (Å²) in [4.78, 5) is 26.3. The Bertz CT molecular complexity index is 603. The highest BCUT2D eigenvalue weighted by Gasteiger charge is 2.32. The fourth-order valence-electron chi connectivity index (χ4n) is 3.85. The molecule has 2 unspecified atom stereocenters. The van der Waals surface area contributed by atoms with E-state index in [2.05, 4.69) is 10.6 Å². The van der Waals surface area contributed by atoms with Gasteiger partial charge in [-0.25, -0.2) is 8.42 Å². The van der Waals surface area contributed by atoms with Gasteiger partial charge in [-0.1, -0.05) is 0 Å². The number of nitrogens with one attached hydrogen (secondary N) is 2. The molecule has 0 spiro atoms. The van der Waals surface area contributed by atoms with Crippen LogP contribution in [0.15, 0.2) is 0 Å². The van der Waals surface area contributed by atoms with Gasteiger partial charge in [-0.3, -0.25) is 9.59 Å². The Hall–Kier alpha value is -1.19. The zero-order chi connectivity index (χ0) is 17.9. The van der Waals surface area contributed by atoms with E-state index in [1.165, 1.54) is 4.31 Å². The fraction of sp³-hybridized carbons (Fsp3) is 0.875. The van der Waals surface area contributed by atoms with Crippen molar-refractivity contribution in [3.8, 4) is 0 Å². The molecule has 0 radical (unpaired) electrons. The van der Waals surface area contributed by atoms with Gasteiger partial charge in [0.15, 0.2) is 0 Å². The summed E-state index contributed by atoms with van der Waals surface area (Å²) in [6, 6.07) is -0.0818. The van der Waals surface area contributed by atoms with Crippen molar-refractivity contribution < 1.29 is 18.0 Å². The fourth-order valence-corrected chi connectivity index (χ4v) is 5.32. The number of nitrogens with zero attached hydrogens (tertiary/aromatic N) is 2. The van der Waals surface area contributed by atoms with E-state index < -0.39 is 10.0 Å². The molecular formula is C16H28N4O4S. The van der Waals surface area contributed by atoms with Gasteiger partial charge in [0.1, 0.15) is 0 Å². The number of carbonyl (C=O) groups is 2. The zero-order valence-electron chi connectivity index (χ0n) is 14.6. The van der Waals surface area contributed by atoms with Crippen LogP contribution in [0.3, 0.4) is 0 Å². The van der Waals surface area contributed by atoms with Crippen LogP contribution >= 0.6 is 0 Å². The Labute approximate surface area is 149 Å². The van der Waals surface area contributed by atoms with Crippen molar-refractivity contribution in [2.24, 2.45) is 5.92 Å². The van der Waals surface area contributed by atoms with Gasteiger partial charge in [-0.2, -0.15) is 4.31 Å². The number of hydrogen-bond acceptors (Lipinski definition) is 5. The molecule has 0 saturated carbocycles. The lowest BCUT2D eigenvalue weighted by molar-refractivity contribution is -0.133. The monoisotopic (exact) mass is 372 g/mol. The Kier molecular flexibility index (Phi) is 5.96. The van der Waals surface area contributed by atoms with Gasteiger partial charge in [0.05, 0.1) is 18.3 Å². The van der Waals surface area contributed by atoms with Gasteiger partial charge in [-0.05, 0) is 44.6 Å². The van der Waals surface area contributed by atoms with Crippen molar-refractivity contribution >= 4 is 21.8 Å². The molecule has 0 aromatic heterocycles. The number of amides is 2. The largest absolute Gasteiger partial charge is 0.354 e. The van der Waals surface area contributed by atoms with Crippen LogP contribution in [-0.4, -0.2) is 80.5 Å². The zero-order valence-corrected chi connectivity index (χ0v) is 15.4. The van der Waals surface area contributed by atoms with E-state index in [0.717, 1.165) is 32.2 Å². The highest BCUT2D eigenvalue weighted by molar-refractivity contribution is 7.89. The first-order chi connectivity index (χ1) is 12.0. The van der Waals surface area contributed by atoms with Crippen molar-refractivity contribution in [3.05, 3.63) is 0 Å². The minimum absolute atomic E-state index is 0.0455. The van der Waals surface area contributed by atoms with Crippen LogP contribution in [0.25, 0.3) is 0 Å². The normalized spacial score (nSPS) is 29.7.